The zero-order valence-electron chi connectivity index (χ0n) is 17.0. The summed E-state index contributed by atoms with van der Waals surface area (Å²) in [5.74, 6) is -0.945. The van der Waals surface area contributed by atoms with Crippen LogP contribution in [0.5, 0.6) is 0 Å². The van der Waals surface area contributed by atoms with Crippen LogP contribution in [0.1, 0.15) is 39.4 Å². The molecule has 1 aromatic rings. The molecular formula is C19H29ClF3N5O. The number of piperazine rings is 1. The van der Waals surface area contributed by atoms with Gasteiger partial charge in [-0.25, -0.2) is 9.97 Å². The van der Waals surface area contributed by atoms with Crippen molar-refractivity contribution in [1.82, 2.24) is 19.8 Å². The lowest BCUT2D eigenvalue weighted by atomic mass is 9.94. The zero-order valence-corrected chi connectivity index (χ0v) is 17.8. The summed E-state index contributed by atoms with van der Waals surface area (Å²) < 4.78 is 37.8. The summed E-state index contributed by atoms with van der Waals surface area (Å²) >= 11 is 0. The highest BCUT2D eigenvalue weighted by molar-refractivity contribution is 5.85. The van der Waals surface area contributed by atoms with Crippen LogP contribution in [0.2, 0.25) is 0 Å². The molecule has 0 saturated carbocycles. The minimum atomic E-state index is -4.53. The lowest BCUT2D eigenvalue weighted by Crippen LogP contribution is -2.57. The monoisotopic (exact) mass is 435 g/mol. The molecule has 29 heavy (non-hydrogen) atoms. The highest BCUT2D eigenvalue weighted by atomic mass is 35.5. The van der Waals surface area contributed by atoms with E-state index in [0.717, 1.165) is 19.6 Å². The Bertz CT molecular complexity index is 677. The Hall–Kier alpha value is -1.61. The topological polar surface area (TPSA) is 52.6 Å². The number of nitrogens with zero attached hydrogens (tertiary/aromatic N) is 5. The van der Waals surface area contributed by atoms with Crippen molar-refractivity contribution in [3.63, 3.8) is 0 Å². The zero-order chi connectivity index (χ0) is 20.5. The Morgan fingerprint density at radius 2 is 1.69 bits per heavy atom. The summed E-state index contributed by atoms with van der Waals surface area (Å²) in [5.41, 5.74) is 0.568. The second-order valence-electron chi connectivity index (χ2n) is 7.99. The summed E-state index contributed by atoms with van der Waals surface area (Å²) in [6, 6.07) is 0.823. The van der Waals surface area contributed by atoms with Gasteiger partial charge in [-0.05, 0) is 33.6 Å². The molecule has 3 heterocycles. The molecule has 2 aliphatic rings. The summed E-state index contributed by atoms with van der Waals surface area (Å²) in [5, 5.41) is 0. The summed E-state index contributed by atoms with van der Waals surface area (Å²) in [7, 11) is 0. The number of piperidine rings is 1. The maximum Gasteiger partial charge on any atom is 0.451 e. The minimum Gasteiger partial charge on any atom is -0.369 e. The van der Waals surface area contributed by atoms with Gasteiger partial charge >= 0.3 is 6.18 Å². The second kappa shape index (κ2) is 9.47. The van der Waals surface area contributed by atoms with Gasteiger partial charge in [-0.2, -0.15) is 13.2 Å². The summed E-state index contributed by atoms with van der Waals surface area (Å²) in [6.45, 7) is 10.2. The number of carbonyl (C=O) groups excluding carboxylic acids is 1. The van der Waals surface area contributed by atoms with Crippen LogP contribution in [0.15, 0.2) is 12.4 Å². The van der Waals surface area contributed by atoms with Crippen molar-refractivity contribution in [2.24, 2.45) is 5.92 Å². The summed E-state index contributed by atoms with van der Waals surface area (Å²) in [6.07, 6.45) is -0.721. The molecule has 1 atom stereocenters. The van der Waals surface area contributed by atoms with Crippen molar-refractivity contribution in [1.29, 1.82) is 0 Å². The van der Waals surface area contributed by atoms with E-state index >= 15 is 0 Å². The first-order valence-electron chi connectivity index (χ1n) is 9.85. The molecule has 0 aliphatic carbocycles. The normalized spacial score (nSPS) is 22.0. The maximum absolute atomic E-state index is 12.9. The van der Waals surface area contributed by atoms with Gasteiger partial charge in [0.2, 0.25) is 11.7 Å². The van der Waals surface area contributed by atoms with Crippen LogP contribution >= 0.6 is 12.4 Å². The Balaban J connectivity index is 0.00000300. The van der Waals surface area contributed by atoms with Gasteiger partial charge in [0.05, 0.1) is 18.1 Å². The molecule has 0 bridgehead atoms. The molecule has 164 valence electrons. The number of halogens is 4. The van der Waals surface area contributed by atoms with Crippen LogP contribution in [0, 0.1) is 5.92 Å². The molecule has 0 N–H and O–H groups in total. The summed E-state index contributed by atoms with van der Waals surface area (Å²) in [4.78, 5) is 26.1. The van der Waals surface area contributed by atoms with Crippen LogP contribution in [-0.2, 0) is 11.0 Å². The molecule has 10 heteroatoms. The first-order valence-corrected chi connectivity index (χ1v) is 9.85. The van der Waals surface area contributed by atoms with E-state index in [9.17, 15) is 18.0 Å². The Morgan fingerprint density at radius 1 is 1.10 bits per heavy atom. The Labute approximate surface area is 175 Å². The van der Waals surface area contributed by atoms with E-state index < -0.39 is 12.0 Å². The van der Waals surface area contributed by atoms with Crippen LogP contribution in [0.25, 0.3) is 0 Å². The molecule has 0 aromatic carbocycles. The predicted molar refractivity (Wildman–Crippen MR) is 107 cm³/mol. The smallest absolute Gasteiger partial charge is 0.369 e. The first-order chi connectivity index (χ1) is 13.2. The van der Waals surface area contributed by atoms with Crippen molar-refractivity contribution in [2.45, 2.75) is 51.9 Å². The molecule has 3 rings (SSSR count). The molecular weight excluding hydrogens is 407 g/mol. The third kappa shape index (κ3) is 5.51. The van der Waals surface area contributed by atoms with Crippen molar-refractivity contribution in [3.05, 3.63) is 18.2 Å². The molecule has 6 nitrogen and oxygen atoms in total. The number of hydrogen-bond acceptors (Lipinski definition) is 5. The standard InChI is InChI=1S/C19H28F3N5O.ClH/c1-13(2)27-9-8-26(12-14(27)3)17(28)15-4-6-25(7-5-15)16-10-23-18(24-11-16)19(20,21)22;/h10-11,13-15H,4-9,12H2,1-3H3;1H/t14-;/m0./s1. The molecule has 2 fully saturated rings. The number of rotatable bonds is 3. The van der Waals surface area contributed by atoms with Gasteiger partial charge < -0.3 is 9.80 Å². The third-order valence-electron chi connectivity index (χ3n) is 5.75. The lowest BCUT2D eigenvalue weighted by Gasteiger charge is -2.43. The Kier molecular flexibility index (Phi) is 7.73. The number of anilines is 1. The van der Waals surface area contributed by atoms with E-state index in [1.807, 2.05) is 9.80 Å². The lowest BCUT2D eigenvalue weighted by molar-refractivity contribution is -0.145. The predicted octanol–water partition coefficient (Wildman–Crippen LogP) is 3.07. The largest absolute Gasteiger partial charge is 0.451 e. The molecule has 0 spiro atoms. The van der Waals surface area contributed by atoms with Crippen LogP contribution in [0.4, 0.5) is 18.9 Å². The molecule has 1 aromatic heterocycles. The number of carbonyl (C=O) groups is 1. The van der Waals surface area contributed by atoms with E-state index in [4.69, 9.17) is 0 Å². The molecule has 0 unspecified atom stereocenters. The molecule has 2 aliphatic heterocycles. The fourth-order valence-corrected chi connectivity index (χ4v) is 4.21. The minimum absolute atomic E-state index is 0. The maximum atomic E-state index is 12.9. The van der Waals surface area contributed by atoms with E-state index in [1.165, 1.54) is 12.4 Å². The average Bonchev–Trinajstić information content (AvgIpc) is 2.66. The van der Waals surface area contributed by atoms with Crippen LogP contribution < -0.4 is 4.90 Å². The van der Waals surface area contributed by atoms with Crippen molar-refractivity contribution < 1.29 is 18.0 Å². The molecule has 1 amide bonds. The highest BCUT2D eigenvalue weighted by Crippen LogP contribution is 2.28. The Morgan fingerprint density at radius 3 is 2.17 bits per heavy atom. The number of hydrogen-bond donors (Lipinski definition) is 0. The van der Waals surface area contributed by atoms with Gasteiger partial charge in [0.15, 0.2) is 0 Å². The van der Waals surface area contributed by atoms with Crippen molar-refractivity contribution in [3.8, 4) is 0 Å². The SMILES string of the molecule is CC(C)N1CCN(C(=O)C2CCN(c3cnc(C(F)(F)F)nc3)CC2)C[C@@H]1C.Cl. The highest BCUT2D eigenvalue weighted by Gasteiger charge is 2.35. The van der Waals surface area contributed by atoms with Gasteiger partial charge in [0.1, 0.15) is 0 Å². The fraction of sp³-hybridized carbons (Fsp3) is 0.737. The average molecular weight is 436 g/mol. The van der Waals surface area contributed by atoms with E-state index in [-0.39, 0.29) is 24.2 Å². The third-order valence-corrected chi connectivity index (χ3v) is 5.75. The first kappa shape index (κ1) is 23.7. The quantitative estimate of drug-likeness (QED) is 0.730. The molecule has 0 radical (unpaired) electrons. The second-order valence-corrected chi connectivity index (χ2v) is 7.99. The van der Waals surface area contributed by atoms with E-state index in [1.54, 1.807) is 0 Å². The van der Waals surface area contributed by atoms with E-state index in [0.29, 0.717) is 43.7 Å². The fourth-order valence-electron chi connectivity index (χ4n) is 4.21. The van der Waals surface area contributed by atoms with Crippen LogP contribution in [0.3, 0.4) is 0 Å². The number of aromatic nitrogens is 2. The van der Waals surface area contributed by atoms with Crippen LogP contribution in [-0.4, -0.2) is 70.5 Å². The van der Waals surface area contributed by atoms with Gasteiger partial charge in [-0.3, -0.25) is 9.69 Å². The van der Waals surface area contributed by atoms with Gasteiger partial charge in [0.25, 0.3) is 0 Å². The number of alkyl halides is 3. The number of amides is 1. The van der Waals surface area contributed by atoms with Gasteiger partial charge in [0, 0.05) is 50.7 Å². The molecule has 2 saturated heterocycles. The van der Waals surface area contributed by atoms with E-state index in [2.05, 4.69) is 35.6 Å². The van der Waals surface area contributed by atoms with Gasteiger partial charge in [-0.15, -0.1) is 12.4 Å². The van der Waals surface area contributed by atoms with Crippen molar-refractivity contribution >= 4 is 24.0 Å². The van der Waals surface area contributed by atoms with Crippen molar-refractivity contribution in [2.75, 3.05) is 37.6 Å². The van der Waals surface area contributed by atoms with Gasteiger partial charge in [-0.1, -0.05) is 0 Å².